The van der Waals surface area contributed by atoms with Gasteiger partial charge < -0.3 is 9.84 Å². The fraction of sp³-hybridized carbons (Fsp3) is 0.455. The predicted octanol–water partition coefficient (Wildman–Crippen LogP) is 1.30. The fourth-order valence-corrected chi connectivity index (χ4v) is 1.63. The maximum atomic E-state index is 13.4. The van der Waals surface area contributed by atoms with Crippen LogP contribution in [0.4, 0.5) is 4.39 Å². The average Bonchev–Trinajstić information content (AvgIpc) is 2.15. The molecule has 0 fully saturated rings. The third-order valence-electron chi connectivity index (χ3n) is 2.14. The van der Waals surface area contributed by atoms with Crippen LogP contribution < -0.4 is 4.74 Å². The monoisotopic (exact) mass is 262 g/mol. The summed E-state index contributed by atoms with van der Waals surface area (Å²) in [4.78, 5) is 0. The van der Waals surface area contributed by atoms with Gasteiger partial charge in [0.25, 0.3) is 0 Å². The van der Waals surface area contributed by atoms with Crippen LogP contribution in [0.15, 0.2) is 18.2 Å². The molecule has 0 saturated carbocycles. The number of ether oxygens (including phenoxy) is 1. The molecule has 1 unspecified atom stereocenters. The number of hydrogen-bond donors (Lipinski definition) is 1. The van der Waals surface area contributed by atoms with Crippen molar-refractivity contribution in [1.82, 2.24) is 0 Å². The fourth-order valence-electron chi connectivity index (χ4n) is 1.25. The number of sulfone groups is 1. The van der Waals surface area contributed by atoms with Crippen LogP contribution in [0, 0.1) is 5.82 Å². The van der Waals surface area contributed by atoms with Gasteiger partial charge in [0.15, 0.2) is 9.84 Å². The molecule has 1 aromatic carbocycles. The lowest BCUT2D eigenvalue weighted by Gasteiger charge is -2.09. The third-order valence-corrected chi connectivity index (χ3v) is 3.05. The first-order chi connectivity index (χ1) is 7.79. The Labute approximate surface area is 100.0 Å². The maximum absolute atomic E-state index is 13.4. The van der Waals surface area contributed by atoms with E-state index in [9.17, 15) is 17.9 Å². The summed E-state index contributed by atoms with van der Waals surface area (Å²) in [6.45, 7) is 1.44. The summed E-state index contributed by atoms with van der Waals surface area (Å²) >= 11 is 0. The SMILES string of the molecule is CC(O)c1ccc(OCCS(C)(=O)=O)cc1F. The van der Waals surface area contributed by atoms with Gasteiger partial charge in [0.2, 0.25) is 0 Å². The van der Waals surface area contributed by atoms with Crippen LogP contribution in [0.1, 0.15) is 18.6 Å². The van der Waals surface area contributed by atoms with E-state index < -0.39 is 21.8 Å². The minimum atomic E-state index is -3.08. The molecule has 0 heterocycles. The molecular weight excluding hydrogens is 247 g/mol. The van der Waals surface area contributed by atoms with Crippen molar-refractivity contribution in [3.05, 3.63) is 29.6 Å². The van der Waals surface area contributed by atoms with Crippen LogP contribution in [0.3, 0.4) is 0 Å². The zero-order chi connectivity index (χ0) is 13.1. The molecule has 0 amide bonds. The molecule has 0 radical (unpaired) electrons. The molecule has 1 atom stereocenters. The minimum absolute atomic E-state index is 0.0215. The van der Waals surface area contributed by atoms with Gasteiger partial charge in [0.05, 0.1) is 11.9 Å². The van der Waals surface area contributed by atoms with E-state index in [1.807, 2.05) is 0 Å². The number of aliphatic hydroxyl groups excluding tert-OH is 1. The normalized spacial score (nSPS) is 13.4. The van der Waals surface area contributed by atoms with Crippen molar-refractivity contribution in [2.45, 2.75) is 13.0 Å². The molecule has 1 rings (SSSR count). The number of rotatable bonds is 5. The second-order valence-electron chi connectivity index (χ2n) is 3.84. The van der Waals surface area contributed by atoms with E-state index >= 15 is 0 Å². The second kappa shape index (κ2) is 5.46. The van der Waals surface area contributed by atoms with Gasteiger partial charge in [0.1, 0.15) is 18.2 Å². The molecule has 0 aromatic heterocycles. The Morgan fingerprint density at radius 2 is 2.12 bits per heavy atom. The van der Waals surface area contributed by atoms with E-state index in [1.165, 1.54) is 19.1 Å². The van der Waals surface area contributed by atoms with Gasteiger partial charge in [-0.3, -0.25) is 0 Å². The van der Waals surface area contributed by atoms with Crippen molar-refractivity contribution in [2.24, 2.45) is 0 Å². The number of benzene rings is 1. The number of hydrogen-bond acceptors (Lipinski definition) is 4. The summed E-state index contributed by atoms with van der Waals surface area (Å²) in [5.41, 5.74) is 0.181. The van der Waals surface area contributed by atoms with E-state index in [4.69, 9.17) is 4.74 Å². The van der Waals surface area contributed by atoms with Crippen LogP contribution in [0.5, 0.6) is 5.75 Å². The Morgan fingerprint density at radius 1 is 1.47 bits per heavy atom. The van der Waals surface area contributed by atoms with Crippen molar-refractivity contribution >= 4 is 9.84 Å². The molecule has 0 bridgehead atoms. The number of aliphatic hydroxyl groups is 1. The highest BCUT2D eigenvalue weighted by Gasteiger charge is 2.09. The van der Waals surface area contributed by atoms with Crippen molar-refractivity contribution < 1.29 is 22.7 Å². The highest BCUT2D eigenvalue weighted by molar-refractivity contribution is 7.90. The summed E-state index contributed by atoms with van der Waals surface area (Å²) in [6, 6.07) is 4.04. The predicted molar refractivity (Wildman–Crippen MR) is 62.2 cm³/mol. The largest absolute Gasteiger partial charge is 0.492 e. The Kier molecular flexibility index (Phi) is 4.47. The standard InChI is InChI=1S/C11H15FO4S/c1-8(13)10-4-3-9(7-11(10)12)16-5-6-17(2,14)15/h3-4,7-8,13H,5-6H2,1-2H3. The molecular formula is C11H15FO4S. The smallest absolute Gasteiger partial charge is 0.150 e. The Morgan fingerprint density at radius 3 is 2.59 bits per heavy atom. The third kappa shape index (κ3) is 4.70. The van der Waals surface area contributed by atoms with E-state index in [-0.39, 0.29) is 23.7 Å². The molecule has 1 N–H and O–H groups in total. The average molecular weight is 262 g/mol. The zero-order valence-electron chi connectivity index (χ0n) is 9.68. The maximum Gasteiger partial charge on any atom is 0.150 e. The first-order valence-corrected chi connectivity index (χ1v) is 7.13. The van der Waals surface area contributed by atoms with Crippen molar-refractivity contribution in [1.29, 1.82) is 0 Å². The second-order valence-corrected chi connectivity index (χ2v) is 6.10. The Hall–Kier alpha value is -1.14. The zero-order valence-corrected chi connectivity index (χ0v) is 10.5. The molecule has 0 aliphatic rings. The van der Waals surface area contributed by atoms with Crippen molar-refractivity contribution in [3.8, 4) is 5.75 Å². The van der Waals surface area contributed by atoms with Gasteiger partial charge in [0, 0.05) is 17.9 Å². The number of halogens is 1. The molecule has 0 aliphatic carbocycles. The van der Waals surface area contributed by atoms with E-state index in [2.05, 4.69) is 0 Å². The molecule has 0 spiro atoms. The van der Waals surface area contributed by atoms with Crippen molar-refractivity contribution in [2.75, 3.05) is 18.6 Å². The molecule has 96 valence electrons. The first kappa shape index (κ1) is 13.9. The summed E-state index contributed by atoms with van der Waals surface area (Å²) in [5, 5.41) is 9.22. The molecule has 4 nitrogen and oxygen atoms in total. The van der Waals surface area contributed by atoms with Gasteiger partial charge in [-0.15, -0.1) is 0 Å². The lowest BCUT2D eigenvalue weighted by atomic mass is 10.1. The van der Waals surface area contributed by atoms with Crippen LogP contribution >= 0.6 is 0 Å². The summed E-state index contributed by atoms with van der Waals surface area (Å²) in [5.74, 6) is -0.445. The lowest BCUT2D eigenvalue weighted by molar-refractivity contribution is 0.194. The molecule has 17 heavy (non-hydrogen) atoms. The van der Waals surface area contributed by atoms with E-state index in [1.54, 1.807) is 0 Å². The van der Waals surface area contributed by atoms with E-state index in [0.717, 1.165) is 12.3 Å². The van der Waals surface area contributed by atoms with Gasteiger partial charge >= 0.3 is 0 Å². The van der Waals surface area contributed by atoms with Gasteiger partial charge in [-0.25, -0.2) is 12.8 Å². The Bertz CT molecular complexity index is 482. The van der Waals surface area contributed by atoms with Gasteiger partial charge in [-0.1, -0.05) is 0 Å². The van der Waals surface area contributed by atoms with Crippen LogP contribution in [0.25, 0.3) is 0 Å². The van der Waals surface area contributed by atoms with Crippen LogP contribution in [-0.4, -0.2) is 32.1 Å². The lowest BCUT2D eigenvalue weighted by Crippen LogP contribution is -2.12. The highest BCUT2D eigenvalue weighted by atomic mass is 32.2. The Balaban J connectivity index is 2.65. The topological polar surface area (TPSA) is 63.6 Å². The summed E-state index contributed by atoms with van der Waals surface area (Å²) < 4.78 is 40.2. The van der Waals surface area contributed by atoms with Crippen LogP contribution in [-0.2, 0) is 9.84 Å². The molecule has 6 heteroatoms. The summed E-state index contributed by atoms with van der Waals surface area (Å²) in [7, 11) is -3.08. The van der Waals surface area contributed by atoms with Gasteiger partial charge in [-0.05, 0) is 19.1 Å². The van der Waals surface area contributed by atoms with E-state index in [0.29, 0.717) is 0 Å². The quantitative estimate of drug-likeness (QED) is 0.868. The van der Waals surface area contributed by atoms with Crippen molar-refractivity contribution in [3.63, 3.8) is 0 Å². The minimum Gasteiger partial charge on any atom is -0.492 e. The molecule has 0 saturated heterocycles. The summed E-state index contributed by atoms with van der Waals surface area (Å²) in [6.07, 6.45) is 0.216. The molecule has 1 aromatic rings. The van der Waals surface area contributed by atoms with Gasteiger partial charge in [-0.2, -0.15) is 0 Å². The molecule has 0 aliphatic heterocycles. The van der Waals surface area contributed by atoms with Crippen LogP contribution in [0.2, 0.25) is 0 Å². The highest BCUT2D eigenvalue weighted by Crippen LogP contribution is 2.21. The first-order valence-electron chi connectivity index (χ1n) is 5.07.